The molecule has 0 fully saturated rings. The lowest BCUT2D eigenvalue weighted by molar-refractivity contribution is 0.149. The number of hydrogen-bond acceptors (Lipinski definition) is 2. The molecule has 0 amide bonds. The van der Waals surface area contributed by atoms with Crippen molar-refractivity contribution in [3.05, 3.63) is 57.7 Å². The van der Waals surface area contributed by atoms with E-state index in [0.29, 0.717) is 16.3 Å². The van der Waals surface area contributed by atoms with Crippen LogP contribution in [0.1, 0.15) is 17.4 Å². The Hall–Kier alpha value is -1.03. The van der Waals surface area contributed by atoms with Gasteiger partial charge in [0.1, 0.15) is 17.7 Å². The number of halogens is 3. The molecule has 0 aliphatic rings. The van der Waals surface area contributed by atoms with Crippen LogP contribution in [0.2, 0.25) is 10.2 Å². The number of benzene rings is 1. The summed E-state index contributed by atoms with van der Waals surface area (Å²) in [7, 11) is 0. The average Bonchev–Trinajstić information content (AvgIpc) is 2.69. The summed E-state index contributed by atoms with van der Waals surface area (Å²) in [6.07, 6.45) is -0.828. The maximum absolute atomic E-state index is 13.5. The third kappa shape index (κ3) is 3.00. The molecule has 90 valence electrons. The van der Waals surface area contributed by atoms with Gasteiger partial charge in [-0.2, -0.15) is 0 Å². The molecule has 1 atom stereocenters. The van der Waals surface area contributed by atoms with E-state index in [9.17, 15) is 9.50 Å². The lowest BCUT2D eigenvalue weighted by Gasteiger charge is -2.08. The van der Waals surface area contributed by atoms with Gasteiger partial charge in [0.05, 0.1) is 0 Å². The van der Waals surface area contributed by atoms with Crippen LogP contribution in [0.25, 0.3) is 0 Å². The fourth-order valence-corrected chi connectivity index (χ4v) is 1.81. The Labute approximate surface area is 108 Å². The number of hydrogen-bond donors (Lipinski definition) is 1. The lowest BCUT2D eigenvalue weighted by atomic mass is 10.1. The molecule has 1 aromatic heterocycles. The first-order valence-corrected chi connectivity index (χ1v) is 5.69. The van der Waals surface area contributed by atoms with Crippen LogP contribution in [0.4, 0.5) is 4.39 Å². The molecule has 0 radical (unpaired) electrons. The van der Waals surface area contributed by atoms with E-state index >= 15 is 0 Å². The fourth-order valence-electron chi connectivity index (χ4n) is 1.50. The molecule has 0 bridgehead atoms. The maximum Gasteiger partial charge on any atom is 0.193 e. The smallest absolute Gasteiger partial charge is 0.193 e. The summed E-state index contributed by atoms with van der Waals surface area (Å²) in [5.41, 5.74) is 0.370. The van der Waals surface area contributed by atoms with E-state index in [0.717, 1.165) is 0 Å². The average molecular weight is 275 g/mol. The van der Waals surface area contributed by atoms with E-state index in [1.54, 1.807) is 12.1 Å². The SMILES string of the molecule is OC(Cc1ccc(Cl)cc1F)c1ccc(Cl)o1. The maximum atomic E-state index is 13.5. The van der Waals surface area contributed by atoms with E-state index in [-0.39, 0.29) is 11.6 Å². The van der Waals surface area contributed by atoms with Crippen molar-refractivity contribution in [2.75, 3.05) is 0 Å². The topological polar surface area (TPSA) is 33.4 Å². The van der Waals surface area contributed by atoms with Crippen LogP contribution in [0.15, 0.2) is 34.7 Å². The van der Waals surface area contributed by atoms with E-state index in [1.165, 1.54) is 18.2 Å². The minimum Gasteiger partial charge on any atom is -0.447 e. The highest BCUT2D eigenvalue weighted by atomic mass is 35.5. The lowest BCUT2D eigenvalue weighted by Crippen LogP contribution is -2.02. The summed E-state index contributed by atoms with van der Waals surface area (Å²) in [6, 6.07) is 7.39. The van der Waals surface area contributed by atoms with Crippen molar-refractivity contribution in [1.82, 2.24) is 0 Å². The molecule has 2 aromatic rings. The predicted molar refractivity (Wildman–Crippen MR) is 63.8 cm³/mol. The third-order valence-corrected chi connectivity index (χ3v) is 2.79. The van der Waals surface area contributed by atoms with Crippen LogP contribution >= 0.6 is 23.2 Å². The Balaban J connectivity index is 2.15. The Morgan fingerprint density at radius 1 is 1.24 bits per heavy atom. The van der Waals surface area contributed by atoms with Gasteiger partial charge in [-0.15, -0.1) is 0 Å². The van der Waals surface area contributed by atoms with Crippen LogP contribution < -0.4 is 0 Å². The summed E-state index contributed by atoms with van der Waals surface area (Å²) in [4.78, 5) is 0. The van der Waals surface area contributed by atoms with Gasteiger partial charge in [0.25, 0.3) is 0 Å². The second-order valence-corrected chi connectivity index (χ2v) is 4.41. The number of rotatable bonds is 3. The van der Waals surface area contributed by atoms with Gasteiger partial charge in [-0.3, -0.25) is 0 Å². The summed E-state index contributed by atoms with van der Waals surface area (Å²) in [5.74, 6) is -0.140. The standard InChI is InChI=1S/C12H9Cl2FO2/c13-8-2-1-7(9(15)6-8)5-10(16)11-3-4-12(14)17-11/h1-4,6,10,16H,5H2. The molecular weight excluding hydrogens is 266 g/mol. The minimum absolute atomic E-state index is 0.104. The highest BCUT2D eigenvalue weighted by Crippen LogP contribution is 2.25. The minimum atomic E-state index is -0.932. The van der Waals surface area contributed by atoms with Gasteiger partial charge in [-0.05, 0) is 41.4 Å². The Morgan fingerprint density at radius 2 is 2.00 bits per heavy atom. The second kappa shape index (κ2) is 5.08. The first-order valence-electron chi connectivity index (χ1n) is 4.93. The molecule has 2 nitrogen and oxygen atoms in total. The van der Waals surface area contributed by atoms with Crippen molar-refractivity contribution in [1.29, 1.82) is 0 Å². The zero-order valence-corrected chi connectivity index (χ0v) is 10.2. The molecular formula is C12H9Cl2FO2. The molecule has 2 rings (SSSR count). The fraction of sp³-hybridized carbons (Fsp3) is 0.167. The van der Waals surface area contributed by atoms with Crippen LogP contribution in [-0.2, 0) is 6.42 Å². The molecule has 0 spiro atoms. The van der Waals surface area contributed by atoms with Gasteiger partial charge in [0.2, 0.25) is 0 Å². The van der Waals surface area contributed by atoms with Gasteiger partial charge in [0, 0.05) is 11.4 Å². The highest BCUT2D eigenvalue weighted by Gasteiger charge is 2.15. The Bertz CT molecular complexity index is 525. The normalized spacial score (nSPS) is 12.7. The predicted octanol–water partition coefficient (Wildman–Crippen LogP) is 4.00. The van der Waals surface area contributed by atoms with Crippen molar-refractivity contribution in [3.63, 3.8) is 0 Å². The summed E-state index contributed by atoms with van der Waals surface area (Å²) >= 11 is 11.2. The Morgan fingerprint density at radius 3 is 2.59 bits per heavy atom. The van der Waals surface area contributed by atoms with Crippen LogP contribution in [-0.4, -0.2) is 5.11 Å². The quantitative estimate of drug-likeness (QED) is 0.918. The van der Waals surface area contributed by atoms with Gasteiger partial charge < -0.3 is 9.52 Å². The van der Waals surface area contributed by atoms with E-state index in [2.05, 4.69) is 0 Å². The van der Waals surface area contributed by atoms with Crippen molar-refractivity contribution >= 4 is 23.2 Å². The zero-order valence-electron chi connectivity index (χ0n) is 8.66. The van der Waals surface area contributed by atoms with Crippen LogP contribution in [0.3, 0.4) is 0 Å². The summed E-state index contributed by atoms with van der Waals surface area (Å²) < 4.78 is 18.5. The van der Waals surface area contributed by atoms with E-state index in [1.807, 2.05) is 0 Å². The number of aliphatic hydroxyl groups is 1. The van der Waals surface area contributed by atoms with Crippen molar-refractivity contribution in [3.8, 4) is 0 Å². The first kappa shape index (κ1) is 12.4. The molecule has 0 saturated carbocycles. The van der Waals surface area contributed by atoms with Gasteiger partial charge in [0.15, 0.2) is 5.22 Å². The molecule has 1 heterocycles. The molecule has 0 saturated heterocycles. The number of aliphatic hydroxyl groups excluding tert-OH is 1. The van der Waals surface area contributed by atoms with Crippen LogP contribution in [0.5, 0.6) is 0 Å². The first-order chi connectivity index (χ1) is 8.06. The summed E-state index contributed by atoms with van der Waals surface area (Å²) in [6.45, 7) is 0. The third-order valence-electron chi connectivity index (χ3n) is 2.35. The van der Waals surface area contributed by atoms with Crippen molar-refractivity contribution in [2.45, 2.75) is 12.5 Å². The van der Waals surface area contributed by atoms with Crippen molar-refractivity contribution < 1.29 is 13.9 Å². The molecule has 0 aliphatic heterocycles. The molecule has 17 heavy (non-hydrogen) atoms. The highest BCUT2D eigenvalue weighted by molar-refractivity contribution is 6.30. The van der Waals surface area contributed by atoms with E-state index < -0.39 is 11.9 Å². The molecule has 0 aliphatic carbocycles. The van der Waals surface area contributed by atoms with Gasteiger partial charge in [-0.25, -0.2) is 4.39 Å². The number of furan rings is 1. The van der Waals surface area contributed by atoms with Crippen molar-refractivity contribution in [2.24, 2.45) is 0 Å². The van der Waals surface area contributed by atoms with E-state index in [4.69, 9.17) is 27.6 Å². The molecule has 5 heteroatoms. The van der Waals surface area contributed by atoms with Crippen LogP contribution in [0, 0.1) is 5.82 Å². The molecule has 1 unspecified atom stereocenters. The van der Waals surface area contributed by atoms with Gasteiger partial charge in [-0.1, -0.05) is 17.7 Å². The Kier molecular flexibility index (Phi) is 3.72. The van der Waals surface area contributed by atoms with Gasteiger partial charge >= 0.3 is 0 Å². The second-order valence-electron chi connectivity index (χ2n) is 3.60. The summed E-state index contributed by atoms with van der Waals surface area (Å²) in [5, 5.41) is 10.3. The molecule has 1 aromatic carbocycles. The largest absolute Gasteiger partial charge is 0.447 e. The molecule has 1 N–H and O–H groups in total. The zero-order chi connectivity index (χ0) is 12.4. The monoisotopic (exact) mass is 274 g/mol.